The second-order valence-electron chi connectivity index (χ2n) is 8.15. The van der Waals surface area contributed by atoms with E-state index in [1.165, 1.54) is 21.9 Å². The van der Waals surface area contributed by atoms with E-state index in [2.05, 4.69) is 29.4 Å². The second-order valence-corrected chi connectivity index (χ2v) is 9.10. The molecule has 0 fully saturated rings. The van der Waals surface area contributed by atoms with Gasteiger partial charge in [-0.25, -0.2) is 10.4 Å². The molecular formula is C27H26N4O3S. The summed E-state index contributed by atoms with van der Waals surface area (Å²) in [5.74, 6) is 0.885. The van der Waals surface area contributed by atoms with E-state index in [-0.39, 0.29) is 17.2 Å². The van der Waals surface area contributed by atoms with Gasteiger partial charge in [-0.3, -0.25) is 14.2 Å². The van der Waals surface area contributed by atoms with Crippen LogP contribution in [0.4, 0.5) is 0 Å². The van der Waals surface area contributed by atoms with E-state index >= 15 is 0 Å². The molecule has 0 radical (unpaired) electrons. The van der Waals surface area contributed by atoms with Gasteiger partial charge in [-0.05, 0) is 53.4 Å². The first-order valence-electron chi connectivity index (χ1n) is 11.2. The SMILES string of the molecule is COc1ccc(-n2c(SCC(=O)N/N=C\c3ccc(C(C)C)cc3)nc3ccccc3c2=O)cc1. The number of aromatic nitrogens is 2. The van der Waals surface area contributed by atoms with Crippen molar-refractivity contribution in [2.24, 2.45) is 5.10 Å². The molecule has 0 unspecified atom stereocenters. The zero-order valence-corrected chi connectivity index (χ0v) is 20.6. The largest absolute Gasteiger partial charge is 0.497 e. The number of hydrogen-bond donors (Lipinski definition) is 1. The maximum absolute atomic E-state index is 13.3. The molecule has 0 aliphatic carbocycles. The van der Waals surface area contributed by atoms with Crippen LogP contribution in [0, 0.1) is 0 Å². The molecule has 0 atom stereocenters. The summed E-state index contributed by atoms with van der Waals surface area (Å²) in [5, 5.41) is 4.98. The minimum absolute atomic E-state index is 0.0462. The van der Waals surface area contributed by atoms with Crippen molar-refractivity contribution in [2.75, 3.05) is 12.9 Å². The zero-order valence-electron chi connectivity index (χ0n) is 19.8. The molecule has 178 valence electrons. The van der Waals surface area contributed by atoms with Crippen molar-refractivity contribution < 1.29 is 9.53 Å². The van der Waals surface area contributed by atoms with Crippen LogP contribution in [0.3, 0.4) is 0 Å². The Morgan fingerprint density at radius 2 is 1.80 bits per heavy atom. The van der Waals surface area contributed by atoms with Gasteiger partial charge in [-0.15, -0.1) is 0 Å². The number of carbonyl (C=O) groups excluding carboxylic acids is 1. The Balaban J connectivity index is 1.51. The topological polar surface area (TPSA) is 85.6 Å². The molecular weight excluding hydrogens is 460 g/mol. The van der Waals surface area contributed by atoms with Gasteiger partial charge in [-0.2, -0.15) is 5.10 Å². The average molecular weight is 487 g/mol. The molecule has 0 saturated heterocycles. The number of para-hydroxylation sites is 1. The highest BCUT2D eigenvalue weighted by molar-refractivity contribution is 7.99. The molecule has 0 saturated carbocycles. The fourth-order valence-corrected chi connectivity index (χ4v) is 4.28. The summed E-state index contributed by atoms with van der Waals surface area (Å²) in [5.41, 5.74) is 5.70. The summed E-state index contributed by atoms with van der Waals surface area (Å²) in [6, 6.07) is 22.3. The second kappa shape index (κ2) is 11.0. The molecule has 1 N–H and O–H groups in total. The fraction of sp³-hybridized carbons (Fsp3) is 0.185. The molecule has 4 rings (SSSR count). The van der Waals surface area contributed by atoms with Crippen LogP contribution in [-0.2, 0) is 4.79 Å². The van der Waals surface area contributed by atoms with Gasteiger partial charge >= 0.3 is 0 Å². The number of amides is 1. The molecule has 7 nitrogen and oxygen atoms in total. The molecule has 35 heavy (non-hydrogen) atoms. The van der Waals surface area contributed by atoms with Crippen LogP contribution in [0.1, 0.15) is 30.9 Å². The monoisotopic (exact) mass is 486 g/mol. The number of nitrogens with one attached hydrogen (secondary N) is 1. The predicted molar refractivity (Wildman–Crippen MR) is 141 cm³/mol. The number of hydrogen-bond acceptors (Lipinski definition) is 6. The van der Waals surface area contributed by atoms with Crippen molar-refractivity contribution in [2.45, 2.75) is 24.9 Å². The Kier molecular flexibility index (Phi) is 7.62. The maximum atomic E-state index is 13.3. The molecule has 3 aromatic carbocycles. The third-order valence-corrected chi connectivity index (χ3v) is 6.35. The zero-order chi connectivity index (χ0) is 24.8. The standard InChI is InChI=1S/C27H26N4O3S/c1-18(2)20-10-8-19(9-11-20)16-28-30-25(32)17-35-27-29-24-7-5-4-6-23(24)26(33)31(27)21-12-14-22(34-3)15-13-21/h4-16,18H,17H2,1-3H3,(H,30,32)/b28-16-. The highest BCUT2D eigenvalue weighted by atomic mass is 32.2. The van der Waals surface area contributed by atoms with Crippen molar-refractivity contribution in [1.29, 1.82) is 0 Å². The van der Waals surface area contributed by atoms with Gasteiger partial charge in [0.25, 0.3) is 11.5 Å². The third kappa shape index (κ3) is 5.78. The summed E-state index contributed by atoms with van der Waals surface area (Å²) in [6.45, 7) is 4.28. The molecule has 1 amide bonds. The molecule has 0 aliphatic heterocycles. The number of rotatable bonds is 8. The van der Waals surface area contributed by atoms with Crippen molar-refractivity contribution in [1.82, 2.24) is 15.0 Å². The van der Waals surface area contributed by atoms with Crippen molar-refractivity contribution in [3.63, 3.8) is 0 Å². The van der Waals surface area contributed by atoms with Crippen LogP contribution in [0.5, 0.6) is 5.75 Å². The van der Waals surface area contributed by atoms with Crippen LogP contribution in [0.15, 0.2) is 87.8 Å². The minimum atomic E-state index is -0.297. The van der Waals surface area contributed by atoms with E-state index in [0.29, 0.717) is 33.4 Å². The summed E-state index contributed by atoms with van der Waals surface area (Å²) < 4.78 is 6.74. The van der Waals surface area contributed by atoms with E-state index < -0.39 is 0 Å². The Labute approximate surface area is 207 Å². The van der Waals surface area contributed by atoms with Crippen LogP contribution >= 0.6 is 11.8 Å². The molecule has 0 bridgehead atoms. The Morgan fingerprint density at radius 3 is 2.49 bits per heavy atom. The highest BCUT2D eigenvalue weighted by Gasteiger charge is 2.15. The summed E-state index contributed by atoms with van der Waals surface area (Å²) in [4.78, 5) is 30.4. The lowest BCUT2D eigenvalue weighted by Gasteiger charge is -2.13. The molecule has 1 heterocycles. The van der Waals surface area contributed by atoms with Gasteiger partial charge in [0.05, 0.1) is 35.7 Å². The Bertz CT molecular complexity index is 1410. The van der Waals surface area contributed by atoms with Crippen LogP contribution in [0.2, 0.25) is 0 Å². The number of methoxy groups -OCH3 is 1. The Morgan fingerprint density at radius 1 is 1.09 bits per heavy atom. The van der Waals surface area contributed by atoms with Crippen LogP contribution in [-0.4, -0.2) is 34.5 Å². The molecule has 4 aromatic rings. The van der Waals surface area contributed by atoms with Gasteiger partial charge in [0.15, 0.2) is 5.16 Å². The van der Waals surface area contributed by atoms with Crippen molar-refractivity contribution in [3.05, 3.63) is 94.3 Å². The number of carbonyl (C=O) groups is 1. The summed E-state index contributed by atoms with van der Waals surface area (Å²) >= 11 is 1.18. The van der Waals surface area contributed by atoms with E-state index in [1.807, 2.05) is 30.3 Å². The number of ether oxygens (including phenoxy) is 1. The van der Waals surface area contributed by atoms with E-state index in [9.17, 15) is 9.59 Å². The minimum Gasteiger partial charge on any atom is -0.497 e. The highest BCUT2D eigenvalue weighted by Crippen LogP contribution is 2.22. The molecule has 1 aromatic heterocycles. The first-order valence-corrected chi connectivity index (χ1v) is 12.2. The van der Waals surface area contributed by atoms with Gasteiger partial charge < -0.3 is 4.74 Å². The predicted octanol–water partition coefficient (Wildman–Crippen LogP) is 4.76. The van der Waals surface area contributed by atoms with Crippen LogP contribution < -0.4 is 15.7 Å². The summed E-state index contributed by atoms with van der Waals surface area (Å²) in [7, 11) is 1.59. The van der Waals surface area contributed by atoms with Gasteiger partial charge in [-0.1, -0.05) is 62.0 Å². The number of thioether (sulfide) groups is 1. The normalized spacial score (nSPS) is 11.3. The van der Waals surface area contributed by atoms with Crippen molar-refractivity contribution in [3.8, 4) is 11.4 Å². The molecule has 0 spiro atoms. The number of nitrogens with zero attached hydrogens (tertiary/aromatic N) is 3. The first kappa shape index (κ1) is 24.2. The van der Waals surface area contributed by atoms with Crippen molar-refractivity contribution >= 4 is 34.8 Å². The van der Waals surface area contributed by atoms with Crippen LogP contribution in [0.25, 0.3) is 16.6 Å². The van der Waals surface area contributed by atoms with Gasteiger partial charge in [0, 0.05) is 0 Å². The van der Waals surface area contributed by atoms with E-state index in [0.717, 1.165) is 5.56 Å². The third-order valence-electron chi connectivity index (χ3n) is 5.41. The maximum Gasteiger partial charge on any atom is 0.266 e. The smallest absolute Gasteiger partial charge is 0.266 e. The van der Waals surface area contributed by atoms with E-state index in [1.54, 1.807) is 55.8 Å². The quantitative estimate of drug-likeness (QED) is 0.168. The lowest BCUT2D eigenvalue weighted by atomic mass is 10.0. The number of fused-ring (bicyclic) bond motifs is 1. The van der Waals surface area contributed by atoms with Gasteiger partial charge in [0.2, 0.25) is 0 Å². The number of hydrazone groups is 1. The van der Waals surface area contributed by atoms with E-state index in [4.69, 9.17) is 4.74 Å². The van der Waals surface area contributed by atoms with Gasteiger partial charge in [0.1, 0.15) is 5.75 Å². The fourth-order valence-electron chi connectivity index (χ4n) is 3.48. The molecule has 8 heteroatoms. The Hall–Kier alpha value is -3.91. The molecule has 0 aliphatic rings. The lowest BCUT2D eigenvalue weighted by Crippen LogP contribution is -2.24. The average Bonchev–Trinajstić information content (AvgIpc) is 2.88. The number of benzene rings is 3. The lowest BCUT2D eigenvalue weighted by molar-refractivity contribution is -0.118. The first-order chi connectivity index (χ1) is 17.0. The summed E-state index contributed by atoms with van der Waals surface area (Å²) in [6.07, 6.45) is 1.61.